The molecule has 2 heterocycles. The van der Waals surface area contributed by atoms with Crippen molar-refractivity contribution in [2.24, 2.45) is 0 Å². The van der Waals surface area contributed by atoms with Crippen molar-refractivity contribution in [3.63, 3.8) is 0 Å². The van der Waals surface area contributed by atoms with E-state index in [9.17, 15) is 4.79 Å². The van der Waals surface area contributed by atoms with Gasteiger partial charge in [0.2, 0.25) is 5.75 Å². The van der Waals surface area contributed by atoms with Gasteiger partial charge in [-0.2, -0.15) is 0 Å². The number of hydrogen-bond donors (Lipinski definition) is 1. The molecule has 9 heteroatoms. The monoisotopic (exact) mass is 569 g/mol. The molecule has 3 aromatic carbocycles. The van der Waals surface area contributed by atoms with Crippen LogP contribution in [0.5, 0.6) is 17.2 Å². The number of nitrogens with one attached hydrogen (secondary N) is 1. The number of para-hydroxylation sites is 1. The molecule has 4 aromatic rings. The lowest BCUT2D eigenvalue weighted by atomic mass is 9.92. The number of carbonyl (C=O) groups excluding carboxylic acids is 1. The highest BCUT2D eigenvalue weighted by molar-refractivity contribution is 5.98. The van der Waals surface area contributed by atoms with E-state index in [0.29, 0.717) is 35.4 Å². The Hall–Kier alpha value is -4.24. The van der Waals surface area contributed by atoms with Crippen molar-refractivity contribution in [2.45, 2.75) is 25.3 Å². The number of anilines is 1. The molecule has 2 fully saturated rings. The van der Waals surface area contributed by atoms with E-state index in [1.165, 1.54) is 12.1 Å². The standard InChI is InChI=1S/C33H39N5O4/c1-40-29-21-24(22-30(41-2)31(29)42-3)32-35-27-13-12-23(20-28(27)38(32)26-10-7-11-26)33(39)34-14-15-36-16-18-37(19-17-36)25-8-5-4-6-9-25/h4-6,8-9,12-13,20-22,26H,7,10-11,14-19H2,1-3H3,(H,34,39). The Morgan fingerprint density at radius 2 is 1.62 bits per heavy atom. The fourth-order valence-electron chi connectivity index (χ4n) is 5.96. The van der Waals surface area contributed by atoms with E-state index in [2.05, 4.69) is 50.0 Å². The lowest BCUT2D eigenvalue weighted by molar-refractivity contribution is 0.0948. The molecule has 1 aromatic heterocycles. The predicted molar refractivity (Wildman–Crippen MR) is 165 cm³/mol. The van der Waals surface area contributed by atoms with Gasteiger partial charge >= 0.3 is 0 Å². The highest BCUT2D eigenvalue weighted by Crippen LogP contribution is 2.44. The molecule has 6 rings (SSSR count). The van der Waals surface area contributed by atoms with E-state index in [1.54, 1.807) is 21.3 Å². The summed E-state index contributed by atoms with van der Waals surface area (Å²) in [4.78, 5) is 23.1. The summed E-state index contributed by atoms with van der Waals surface area (Å²) in [5, 5.41) is 3.14. The van der Waals surface area contributed by atoms with E-state index in [1.807, 2.05) is 30.3 Å². The zero-order valence-electron chi connectivity index (χ0n) is 24.6. The number of aromatic nitrogens is 2. The molecule has 1 amide bonds. The van der Waals surface area contributed by atoms with Gasteiger partial charge in [0, 0.05) is 62.1 Å². The van der Waals surface area contributed by atoms with Crippen LogP contribution in [-0.2, 0) is 0 Å². The van der Waals surface area contributed by atoms with Gasteiger partial charge in [-0.25, -0.2) is 4.98 Å². The van der Waals surface area contributed by atoms with Crippen molar-refractivity contribution >= 4 is 22.6 Å². The first-order chi connectivity index (χ1) is 20.6. The molecule has 0 bridgehead atoms. The van der Waals surface area contributed by atoms with Gasteiger partial charge in [-0.05, 0) is 61.7 Å². The number of amides is 1. The normalized spacial score (nSPS) is 15.8. The van der Waals surface area contributed by atoms with Crippen LogP contribution in [0.4, 0.5) is 5.69 Å². The summed E-state index contributed by atoms with van der Waals surface area (Å²) < 4.78 is 19.0. The number of benzene rings is 3. The van der Waals surface area contributed by atoms with Gasteiger partial charge in [0.05, 0.1) is 32.4 Å². The summed E-state index contributed by atoms with van der Waals surface area (Å²) in [7, 11) is 4.83. The topological polar surface area (TPSA) is 81.1 Å². The van der Waals surface area contributed by atoms with E-state index in [0.717, 1.165) is 68.0 Å². The molecule has 1 saturated heterocycles. The van der Waals surface area contributed by atoms with Gasteiger partial charge in [0.1, 0.15) is 5.82 Å². The Balaban J connectivity index is 1.17. The Morgan fingerprint density at radius 3 is 2.24 bits per heavy atom. The van der Waals surface area contributed by atoms with Crippen molar-refractivity contribution in [1.82, 2.24) is 19.8 Å². The molecule has 1 N–H and O–H groups in total. The minimum Gasteiger partial charge on any atom is -0.493 e. The number of fused-ring (bicyclic) bond motifs is 1. The average Bonchev–Trinajstić information content (AvgIpc) is 3.38. The number of carbonyl (C=O) groups is 1. The van der Waals surface area contributed by atoms with Gasteiger partial charge < -0.3 is 29.0 Å². The van der Waals surface area contributed by atoms with Crippen LogP contribution in [0.1, 0.15) is 35.7 Å². The maximum absolute atomic E-state index is 13.2. The first kappa shape index (κ1) is 27.9. The van der Waals surface area contributed by atoms with Crippen LogP contribution < -0.4 is 24.4 Å². The first-order valence-electron chi connectivity index (χ1n) is 14.7. The van der Waals surface area contributed by atoms with Crippen molar-refractivity contribution in [1.29, 1.82) is 0 Å². The molecular formula is C33H39N5O4. The number of hydrogen-bond acceptors (Lipinski definition) is 7. The van der Waals surface area contributed by atoms with Gasteiger partial charge in [-0.15, -0.1) is 0 Å². The second-order valence-electron chi connectivity index (χ2n) is 10.9. The van der Waals surface area contributed by atoms with Crippen molar-refractivity contribution in [3.8, 4) is 28.6 Å². The third-order valence-corrected chi connectivity index (χ3v) is 8.52. The first-order valence-corrected chi connectivity index (χ1v) is 14.7. The summed E-state index contributed by atoms with van der Waals surface area (Å²) in [5.41, 5.74) is 4.63. The number of ether oxygens (including phenoxy) is 3. The fraction of sp³-hybridized carbons (Fsp3) is 0.394. The summed E-state index contributed by atoms with van der Waals surface area (Å²) in [5.74, 6) is 2.49. The average molecular weight is 570 g/mol. The van der Waals surface area contributed by atoms with Crippen molar-refractivity contribution in [2.75, 3.05) is 65.5 Å². The van der Waals surface area contributed by atoms with E-state index < -0.39 is 0 Å². The van der Waals surface area contributed by atoms with Crippen LogP contribution in [0, 0.1) is 0 Å². The zero-order valence-corrected chi connectivity index (χ0v) is 24.6. The molecule has 9 nitrogen and oxygen atoms in total. The smallest absolute Gasteiger partial charge is 0.251 e. The highest BCUT2D eigenvalue weighted by Gasteiger charge is 2.27. The number of imidazole rings is 1. The Labute approximate surface area is 247 Å². The molecule has 0 spiro atoms. The molecule has 0 radical (unpaired) electrons. The lowest BCUT2D eigenvalue weighted by Gasteiger charge is -2.36. The second-order valence-corrected chi connectivity index (χ2v) is 10.9. The van der Waals surface area contributed by atoms with E-state index in [4.69, 9.17) is 19.2 Å². The largest absolute Gasteiger partial charge is 0.493 e. The SMILES string of the molecule is COc1cc(-c2nc3ccc(C(=O)NCCN4CCN(c5ccccc5)CC4)cc3n2C2CCC2)cc(OC)c1OC. The van der Waals surface area contributed by atoms with Crippen LogP contribution in [0.15, 0.2) is 60.7 Å². The molecule has 1 saturated carbocycles. The molecule has 1 aliphatic heterocycles. The quantitative estimate of drug-likeness (QED) is 0.288. The minimum atomic E-state index is -0.0597. The Morgan fingerprint density at radius 1 is 0.905 bits per heavy atom. The summed E-state index contributed by atoms with van der Waals surface area (Å²) in [6, 6.07) is 20.6. The van der Waals surface area contributed by atoms with Crippen LogP contribution in [0.3, 0.4) is 0 Å². The Kier molecular flexibility index (Phi) is 8.19. The molecular weight excluding hydrogens is 530 g/mol. The zero-order chi connectivity index (χ0) is 29.1. The fourth-order valence-corrected chi connectivity index (χ4v) is 5.96. The minimum absolute atomic E-state index is 0.0597. The maximum Gasteiger partial charge on any atom is 0.251 e. The number of piperazine rings is 1. The summed E-state index contributed by atoms with van der Waals surface area (Å²) in [6.45, 7) is 5.41. The molecule has 42 heavy (non-hydrogen) atoms. The van der Waals surface area contributed by atoms with Gasteiger partial charge in [-0.3, -0.25) is 9.69 Å². The molecule has 0 unspecified atom stereocenters. The van der Waals surface area contributed by atoms with Crippen LogP contribution in [0.2, 0.25) is 0 Å². The second kappa shape index (κ2) is 12.3. The predicted octanol–water partition coefficient (Wildman–Crippen LogP) is 5.01. The lowest BCUT2D eigenvalue weighted by Crippen LogP contribution is -2.48. The highest BCUT2D eigenvalue weighted by atomic mass is 16.5. The maximum atomic E-state index is 13.2. The summed E-state index contributed by atoms with van der Waals surface area (Å²) in [6.07, 6.45) is 3.34. The number of nitrogens with zero attached hydrogens (tertiary/aromatic N) is 4. The molecule has 1 aliphatic carbocycles. The number of methoxy groups -OCH3 is 3. The third kappa shape index (κ3) is 5.48. The van der Waals surface area contributed by atoms with Crippen molar-refractivity contribution < 1.29 is 19.0 Å². The molecule has 220 valence electrons. The molecule has 0 atom stereocenters. The summed E-state index contributed by atoms with van der Waals surface area (Å²) >= 11 is 0. The van der Waals surface area contributed by atoms with Gasteiger partial charge in [0.15, 0.2) is 11.5 Å². The molecule has 2 aliphatic rings. The van der Waals surface area contributed by atoms with Crippen LogP contribution in [0.25, 0.3) is 22.4 Å². The van der Waals surface area contributed by atoms with Crippen LogP contribution >= 0.6 is 0 Å². The van der Waals surface area contributed by atoms with Crippen molar-refractivity contribution in [3.05, 3.63) is 66.2 Å². The van der Waals surface area contributed by atoms with E-state index in [-0.39, 0.29) is 5.91 Å². The van der Waals surface area contributed by atoms with Gasteiger partial charge in [-0.1, -0.05) is 18.2 Å². The van der Waals surface area contributed by atoms with Crippen LogP contribution in [-0.4, -0.2) is 81.0 Å². The third-order valence-electron chi connectivity index (χ3n) is 8.52. The Bertz CT molecular complexity index is 1520. The van der Waals surface area contributed by atoms with Gasteiger partial charge in [0.25, 0.3) is 5.91 Å². The number of rotatable bonds is 10. The van der Waals surface area contributed by atoms with E-state index >= 15 is 0 Å².